The summed E-state index contributed by atoms with van der Waals surface area (Å²) in [5.74, 6) is 0.102. The summed E-state index contributed by atoms with van der Waals surface area (Å²) in [6, 6.07) is 7.16. The van der Waals surface area contributed by atoms with Crippen LogP contribution in [0.3, 0.4) is 0 Å². The number of carbonyl (C=O) groups is 1. The Morgan fingerprint density at radius 1 is 1.25 bits per heavy atom. The van der Waals surface area contributed by atoms with Gasteiger partial charge < -0.3 is 10.1 Å². The Hall–Kier alpha value is -2.80. The number of esters is 1. The summed E-state index contributed by atoms with van der Waals surface area (Å²) in [6.07, 6.45) is 3.42. The van der Waals surface area contributed by atoms with E-state index in [9.17, 15) is 4.79 Å². The third-order valence-electron chi connectivity index (χ3n) is 3.30. The summed E-state index contributed by atoms with van der Waals surface area (Å²) in [5, 5.41) is 5.89. The van der Waals surface area contributed by atoms with E-state index < -0.39 is 0 Å². The van der Waals surface area contributed by atoms with Crippen LogP contribution in [-0.4, -0.2) is 27.5 Å². The highest BCUT2D eigenvalue weighted by molar-refractivity contribution is 7.13. The number of hydrogen-bond donors (Lipinski definition) is 1. The molecule has 6 nitrogen and oxygen atoms in total. The molecule has 1 aromatic carbocycles. The zero-order valence-corrected chi connectivity index (χ0v) is 14.1. The fraction of sp³-hybridized carbons (Fsp3) is 0.176. The Balaban J connectivity index is 1.87. The van der Waals surface area contributed by atoms with E-state index in [-0.39, 0.29) is 5.97 Å². The van der Waals surface area contributed by atoms with Crippen LogP contribution in [0.5, 0.6) is 0 Å². The van der Waals surface area contributed by atoms with Crippen molar-refractivity contribution < 1.29 is 9.53 Å². The molecule has 2 heterocycles. The van der Waals surface area contributed by atoms with Crippen molar-refractivity contribution in [2.75, 3.05) is 11.9 Å². The number of carbonyl (C=O) groups excluding carboxylic acids is 1. The average molecular weight is 340 g/mol. The summed E-state index contributed by atoms with van der Waals surface area (Å²) in [5.41, 5.74) is 2.98. The van der Waals surface area contributed by atoms with Crippen LogP contribution >= 0.6 is 11.3 Å². The number of anilines is 2. The first kappa shape index (κ1) is 16.1. The number of nitrogens with one attached hydrogen (secondary N) is 1. The van der Waals surface area contributed by atoms with E-state index in [1.807, 2.05) is 24.4 Å². The maximum atomic E-state index is 11.9. The largest absolute Gasteiger partial charge is 0.462 e. The van der Waals surface area contributed by atoms with E-state index in [1.165, 1.54) is 11.3 Å². The third-order valence-corrected chi connectivity index (χ3v) is 4.10. The maximum absolute atomic E-state index is 11.9. The second-order valence-corrected chi connectivity index (χ2v) is 5.87. The zero-order chi connectivity index (χ0) is 16.9. The molecule has 0 atom stereocenters. The minimum atomic E-state index is -0.349. The van der Waals surface area contributed by atoms with Gasteiger partial charge in [0, 0.05) is 23.5 Å². The molecule has 0 aliphatic carbocycles. The first-order valence-corrected chi connectivity index (χ1v) is 8.33. The number of hydrogen-bond acceptors (Lipinski definition) is 7. The monoisotopic (exact) mass is 340 g/mol. The van der Waals surface area contributed by atoms with Crippen molar-refractivity contribution in [1.29, 1.82) is 0 Å². The van der Waals surface area contributed by atoms with Gasteiger partial charge in [-0.1, -0.05) is 6.07 Å². The third kappa shape index (κ3) is 3.57. The summed E-state index contributed by atoms with van der Waals surface area (Å²) in [4.78, 5) is 24.8. The molecule has 3 rings (SSSR count). The molecule has 0 fully saturated rings. The highest BCUT2D eigenvalue weighted by Crippen LogP contribution is 2.23. The first-order chi connectivity index (χ1) is 11.7. The Morgan fingerprint density at radius 3 is 2.88 bits per heavy atom. The highest BCUT2D eigenvalue weighted by Gasteiger charge is 2.10. The van der Waals surface area contributed by atoms with Crippen LogP contribution in [0.2, 0.25) is 0 Å². The zero-order valence-electron chi connectivity index (χ0n) is 13.3. The van der Waals surface area contributed by atoms with Crippen LogP contribution in [0, 0.1) is 6.92 Å². The molecule has 0 amide bonds. The van der Waals surface area contributed by atoms with Crippen LogP contribution < -0.4 is 5.32 Å². The molecule has 24 heavy (non-hydrogen) atoms. The van der Waals surface area contributed by atoms with Crippen LogP contribution in [0.1, 0.15) is 22.8 Å². The number of ether oxygens (including phenoxy) is 1. The summed E-state index contributed by atoms with van der Waals surface area (Å²) >= 11 is 1.52. The molecule has 122 valence electrons. The Labute approximate surface area is 143 Å². The molecule has 2 aromatic heterocycles. The van der Waals surface area contributed by atoms with Gasteiger partial charge >= 0.3 is 5.97 Å². The van der Waals surface area contributed by atoms with Crippen molar-refractivity contribution >= 4 is 28.9 Å². The SMILES string of the molecule is CCOC(=O)c1ccc(C)c(Nc2nccc(-c3nccs3)n2)c1. The predicted octanol–water partition coefficient (Wildman–Crippen LogP) is 3.83. The lowest BCUT2D eigenvalue weighted by molar-refractivity contribution is 0.0526. The minimum absolute atomic E-state index is 0.342. The van der Waals surface area contributed by atoms with Gasteiger partial charge in [-0.15, -0.1) is 11.3 Å². The summed E-state index contributed by atoms with van der Waals surface area (Å²) < 4.78 is 5.04. The molecule has 0 aliphatic heterocycles. The minimum Gasteiger partial charge on any atom is -0.462 e. The van der Waals surface area contributed by atoms with E-state index in [0.717, 1.165) is 22.0 Å². The second-order valence-electron chi connectivity index (χ2n) is 4.98. The molecule has 0 spiro atoms. The fourth-order valence-corrected chi connectivity index (χ4v) is 2.71. The molecular formula is C17H16N4O2S. The summed E-state index contributed by atoms with van der Waals surface area (Å²) in [6.45, 7) is 4.07. The van der Waals surface area contributed by atoms with E-state index in [0.29, 0.717) is 18.1 Å². The first-order valence-electron chi connectivity index (χ1n) is 7.45. The predicted molar refractivity (Wildman–Crippen MR) is 93.6 cm³/mol. The molecule has 0 bridgehead atoms. The van der Waals surface area contributed by atoms with Crippen molar-refractivity contribution in [3.8, 4) is 10.7 Å². The van der Waals surface area contributed by atoms with Gasteiger partial charge in [-0.05, 0) is 37.6 Å². The molecule has 0 saturated heterocycles. The van der Waals surface area contributed by atoms with Gasteiger partial charge in [0.25, 0.3) is 0 Å². The standard InChI is InChI=1S/C17H16N4O2S/c1-3-23-16(22)12-5-4-11(2)14(10-12)21-17-19-7-6-13(20-17)15-18-8-9-24-15/h4-10H,3H2,1-2H3,(H,19,20,21). The van der Waals surface area contributed by atoms with Gasteiger partial charge in [0.15, 0.2) is 0 Å². The Bertz CT molecular complexity index is 850. The lowest BCUT2D eigenvalue weighted by Gasteiger charge is -2.10. The molecule has 3 aromatic rings. The van der Waals surface area contributed by atoms with Gasteiger partial charge in [-0.25, -0.2) is 19.7 Å². The lowest BCUT2D eigenvalue weighted by Crippen LogP contribution is -2.06. The van der Waals surface area contributed by atoms with Gasteiger partial charge in [0.1, 0.15) is 10.7 Å². The highest BCUT2D eigenvalue weighted by atomic mass is 32.1. The van der Waals surface area contributed by atoms with Gasteiger partial charge in [0.2, 0.25) is 5.95 Å². The topological polar surface area (TPSA) is 77.0 Å². The molecule has 1 N–H and O–H groups in total. The van der Waals surface area contributed by atoms with E-state index >= 15 is 0 Å². The van der Waals surface area contributed by atoms with Gasteiger partial charge in [-0.3, -0.25) is 0 Å². The second kappa shape index (κ2) is 7.18. The molecular weight excluding hydrogens is 324 g/mol. The van der Waals surface area contributed by atoms with Crippen molar-refractivity contribution in [3.63, 3.8) is 0 Å². The average Bonchev–Trinajstić information content (AvgIpc) is 3.12. The van der Waals surface area contributed by atoms with Crippen molar-refractivity contribution in [1.82, 2.24) is 15.0 Å². The van der Waals surface area contributed by atoms with Crippen molar-refractivity contribution in [2.45, 2.75) is 13.8 Å². The molecule has 0 radical (unpaired) electrons. The van der Waals surface area contributed by atoms with Crippen LogP contribution in [-0.2, 0) is 4.74 Å². The molecule has 0 saturated carbocycles. The van der Waals surface area contributed by atoms with E-state index in [4.69, 9.17) is 4.74 Å². The number of aromatic nitrogens is 3. The number of nitrogens with zero attached hydrogens (tertiary/aromatic N) is 3. The number of thiazole rings is 1. The molecule has 7 heteroatoms. The lowest BCUT2D eigenvalue weighted by atomic mass is 10.1. The van der Waals surface area contributed by atoms with E-state index in [2.05, 4.69) is 20.3 Å². The van der Waals surface area contributed by atoms with Gasteiger partial charge in [-0.2, -0.15) is 0 Å². The van der Waals surface area contributed by atoms with E-state index in [1.54, 1.807) is 31.5 Å². The summed E-state index contributed by atoms with van der Waals surface area (Å²) in [7, 11) is 0. The van der Waals surface area contributed by atoms with Crippen LogP contribution in [0.4, 0.5) is 11.6 Å². The Morgan fingerprint density at radius 2 is 2.12 bits per heavy atom. The number of rotatable bonds is 5. The maximum Gasteiger partial charge on any atom is 0.338 e. The van der Waals surface area contributed by atoms with Crippen LogP contribution in [0.25, 0.3) is 10.7 Å². The van der Waals surface area contributed by atoms with Crippen molar-refractivity contribution in [2.24, 2.45) is 0 Å². The quantitative estimate of drug-likeness (QED) is 0.711. The molecule has 0 aliphatic rings. The van der Waals surface area contributed by atoms with Crippen LogP contribution in [0.15, 0.2) is 42.0 Å². The van der Waals surface area contributed by atoms with Crippen molar-refractivity contribution in [3.05, 3.63) is 53.2 Å². The smallest absolute Gasteiger partial charge is 0.338 e. The fourth-order valence-electron chi connectivity index (χ4n) is 2.11. The van der Waals surface area contributed by atoms with Gasteiger partial charge in [0.05, 0.1) is 12.2 Å². The molecule has 0 unspecified atom stereocenters. The number of benzene rings is 1. The normalized spacial score (nSPS) is 10.4. The Kier molecular flexibility index (Phi) is 4.81. The number of aryl methyl sites for hydroxylation is 1.